The topological polar surface area (TPSA) is 92.3 Å². The van der Waals surface area contributed by atoms with Crippen LogP contribution in [0.5, 0.6) is 0 Å². The number of aromatic nitrogens is 3. The molecule has 0 aromatic carbocycles. The van der Waals surface area contributed by atoms with Gasteiger partial charge in [0.25, 0.3) is 5.91 Å². The first kappa shape index (κ1) is 10.1. The first-order valence-corrected chi connectivity index (χ1v) is 4.54. The minimum absolute atomic E-state index is 0.0457. The molecule has 15 heavy (non-hydrogen) atoms. The average molecular weight is 212 g/mol. The summed E-state index contributed by atoms with van der Waals surface area (Å²) in [7, 11) is 1.61. The summed E-state index contributed by atoms with van der Waals surface area (Å²) >= 11 is 0. The SMILES string of the molecule is COC1COCC1n1cc(C(N)=O)nn1. The zero-order chi connectivity index (χ0) is 10.8. The summed E-state index contributed by atoms with van der Waals surface area (Å²) in [5.41, 5.74) is 5.23. The number of amides is 1. The molecule has 1 saturated heterocycles. The van der Waals surface area contributed by atoms with Crippen molar-refractivity contribution in [1.82, 2.24) is 15.0 Å². The highest BCUT2D eigenvalue weighted by Gasteiger charge is 2.30. The summed E-state index contributed by atoms with van der Waals surface area (Å²) in [5.74, 6) is -0.589. The van der Waals surface area contributed by atoms with E-state index in [9.17, 15) is 4.79 Å². The molecule has 1 aromatic heterocycles. The summed E-state index contributed by atoms with van der Waals surface area (Å²) in [5, 5.41) is 7.48. The van der Waals surface area contributed by atoms with Crippen LogP contribution in [0, 0.1) is 0 Å². The predicted molar refractivity (Wildman–Crippen MR) is 49.2 cm³/mol. The van der Waals surface area contributed by atoms with Crippen LogP contribution in [-0.4, -0.2) is 47.3 Å². The summed E-state index contributed by atoms with van der Waals surface area (Å²) < 4.78 is 12.0. The largest absolute Gasteiger partial charge is 0.377 e. The van der Waals surface area contributed by atoms with Crippen LogP contribution in [0.15, 0.2) is 6.20 Å². The highest BCUT2D eigenvalue weighted by molar-refractivity contribution is 5.90. The number of hydrogen-bond acceptors (Lipinski definition) is 5. The van der Waals surface area contributed by atoms with Crippen LogP contribution in [0.25, 0.3) is 0 Å². The second-order valence-corrected chi connectivity index (χ2v) is 3.33. The molecule has 7 heteroatoms. The zero-order valence-corrected chi connectivity index (χ0v) is 8.29. The van der Waals surface area contributed by atoms with Gasteiger partial charge in [-0.1, -0.05) is 5.21 Å². The summed E-state index contributed by atoms with van der Waals surface area (Å²) in [4.78, 5) is 10.8. The molecule has 0 aliphatic carbocycles. The summed E-state index contributed by atoms with van der Waals surface area (Å²) in [6, 6.07) is -0.0457. The Morgan fingerprint density at radius 1 is 1.73 bits per heavy atom. The second-order valence-electron chi connectivity index (χ2n) is 3.33. The van der Waals surface area contributed by atoms with E-state index < -0.39 is 5.91 Å². The molecule has 2 heterocycles. The molecule has 2 unspecified atom stereocenters. The van der Waals surface area contributed by atoms with Gasteiger partial charge in [-0.15, -0.1) is 5.10 Å². The molecule has 2 atom stereocenters. The number of hydrogen-bond donors (Lipinski definition) is 1. The average Bonchev–Trinajstić information content (AvgIpc) is 2.85. The number of carbonyl (C=O) groups is 1. The van der Waals surface area contributed by atoms with Gasteiger partial charge < -0.3 is 15.2 Å². The van der Waals surface area contributed by atoms with Crippen LogP contribution in [-0.2, 0) is 9.47 Å². The Kier molecular flexibility index (Phi) is 2.65. The van der Waals surface area contributed by atoms with E-state index in [2.05, 4.69) is 10.3 Å². The van der Waals surface area contributed by atoms with E-state index in [4.69, 9.17) is 15.2 Å². The number of ether oxygens (including phenoxy) is 2. The van der Waals surface area contributed by atoms with Gasteiger partial charge in [-0.2, -0.15) is 0 Å². The molecule has 2 rings (SSSR count). The van der Waals surface area contributed by atoms with E-state index in [1.807, 2.05) is 0 Å². The summed E-state index contributed by atoms with van der Waals surface area (Å²) in [6.07, 6.45) is 1.45. The van der Waals surface area contributed by atoms with Crippen LogP contribution in [0.4, 0.5) is 0 Å². The first-order valence-electron chi connectivity index (χ1n) is 4.54. The van der Waals surface area contributed by atoms with E-state index in [1.165, 1.54) is 6.20 Å². The molecule has 0 spiro atoms. The van der Waals surface area contributed by atoms with E-state index >= 15 is 0 Å². The number of nitrogens with two attached hydrogens (primary N) is 1. The Labute approximate surface area is 86.1 Å². The maximum atomic E-state index is 10.8. The van der Waals surface area contributed by atoms with Crippen molar-refractivity contribution in [3.05, 3.63) is 11.9 Å². The lowest BCUT2D eigenvalue weighted by atomic mass is 10.2. The number of primary amides is 1. The Morgan fingerprint density at radius 2 is 2.53 bits per heavy atom. The molecular weight excluding hydrogens is 200 g/mol. The molecule has 1 aliphatic heterocycles. The highest BCUT2D eigenvalue weighted by Crippen LogP contribution is 2.20. The van der Waals surface area contributed by atoms with Crippen molar-refractivity contribution in [3.63, 3.8) is 0 Å². The molecule has 1 fully saturated rings. The molecule has 1 aliphatic rings. The summed E-state index contributed by atoms with van der Waals surface area (Å²) in [6.45, 7) is 1.02. The number of carbonyl (C=O) groups excluding carboxylic acids is 1. The van der Waals surface area contributed by atoms with Crippen molar-refractivity contribution in [2.45, 2.75) is 12.1 Å². The molecule has 7 nitrogen and oxygen atoms in total. The van der Waals surface area contributed by atoms with Crippen LogP contribution >= 0.6 is 0 Å². The van der Waals surface area contributed by atoms with Crippen LogP contribution < -0.4 is 5.73 Å². The van der Waals surface area contributed by atoms with Crippen LogP contribution in [0.3, 0.4) is 0 Å². The molecule has 0 bridgehead atoms. The monoisotopic (exact) mass is 212 g/mol. The van der Waals surface area contributed by atoms with E-state index in [0.29, 0.717) is 13.2 Å². The van der Waals surface area contributed by atoms with Gasteiger partial charge >= 0.3 is 0 Å². The lowest BCUT2D eigenvalue weighted by Gasteiger charge is -2.14. The van der Waals surface area contributed by atoms with Gasteiger partial charge in [-0.25, -0.2) is 4.68 Å². The molecule has 0 saturated carbocycles. The Bertz CT molecular complexity index is 365. The van der Waals surface area contributed by atoms with E-state index in [0.717, 1.165) is 0 Å². The van der Waals surface area contributed by atoms with Gasteiger partial charge in [0.05, 0.1) is 19.4 Å². The molecule has 1 amide bonds. The smallest absolute Gasteiger partial charge is 0.270 e. The number of methoxy groups -OCH3 is 1. The zero-order valence-electron chi connectivity index (χ0n) is 8.29. The third-order valence-electron chi connectivity index (χ3n) is 2.41. The molecular formula is C8H12N4O3. The Balaban J connectivity index is 2.18. The van der Waals surface area contributed by atoms with Gasteiger partial charge in [0.15, 0.2) is 5.69 Å². The minimum Gasteiger partial charge on any atom is -0.377 e. The minimum atomic E-state index is -0.589. The van der Waals surface area contributed by atoms with Crippen molar-refractivity contribution >= 4 is 5.91 Å². The quantitative estimate of drug-likeness (QED) is 0.691. The van der Waals surface area contributed by atoms with Gasteiger partial charge in [0.2, 0.25) is 0 Å². The fourth-order valence-electron chi connectivity index (χ4n) is 1.55. The standard InChI is InChI=1S/C8H12N4O3/c1-14-7-4-15-3-6(7)12-2-5(8(9)13)10-11-12/h2,6-7H,3-4H2,1H3,(H2,9,13). The van der Waals surface area contributed by atoms with Crippen molar-refractivity contribution in [2.24, 2.45) is 5.73 Å². The maximum absolute atomic E-state index is 10.8. The van der Waals surface area contributed by atoms with E-state index in [-0.39, 0.29) is 17.8 Å². The second kappa shape index (κ2) is 3.95. The first-order chi connectivity index (χ1) is 7.22. The van der Waals surface area contributed by atoms with Crippen LogP contribution in [0.1, 0.15) is 16.5 Å². The Hall–Kier alpha value is -1.47. The fourth-order valence-corrected chi connectivity index (χ4v) is 1.55. The third kappa shape index (κ3) is 1.83. The van der Waals surface area contributed by atoms with Crippen LogP contribution in [0.2, 0.25) is 0 Å². The van der Waals surface area contributed by atoms with Crippen molar-refractivity contribution in [1.29, 1.82) is 0 Å². The maximum Gasteiger partial charge on any atom is 0.270 e. The van der Waals surface area contributed by atoms with Crippen molar-refractivity contribution < 1.29 is 14.3 Å². The van der Waals surface area contributed by atoms with Gasteiger partial charge in [-0.05, 0) is 0 Å². The van der Waals surface area contributed by atoms with Gasteiger partial charge in [-0.3, -0.25) is 4.79 Å². The fraction of sp³-hybridized carbons (Fsp3) is 0.625. The van der Waals surface area contributed by atoms with Crippen molar-refractivity contribution in [3.8, 4) is 0 Å². The third-order valence-corrected chi connectivity index (χ3v) is 2.41. The predicted octanol–water partition coefficient (Wildman–Crippen LogP) is -1.04. The molecule has 0 radical (unpaired) electrons. The Morgan fingerprint density at radius 3 is 3.13 bits per heavy atom. The molecule has 82 valence electrons. The molecule has 1 aromatic rings. The number of nitrogens with zero attached hydrogens (tertiary/aromatic N) is 3. The van der Waals surface area contributed by atoms with Gasteiger partial charge in [0.1, 0.15) is 12.1 Å². The van der Waals surface area contributed by atoms with Gasteiger partial charge in [0, 0.05) is 7.11 Å². The molecule has 2 N–H and O–H groups in total. The lowest BCUT2D eigenvalue weighted by Crippen LogP contribution is -2.24. The number of rotatable bonds is 3. The van der Waals surface area contributed by atoms with Crippen molar-refractivity contribution in [2.75, 3.05) is 20.3 Å². The normalized spacial score (nSPS) is 25.7. The lowest BCUT2D eigenvalue weighted by molar-refractivity contribution is 0.0661. The highest BCUT2D eigenvalue weighted by atomic mass is 16.5. The van der Waals surface area contributed by atoms with E-state index in [1.54, 1.807) is 11.8 Å².